The van der Waals surface area contributed by atoms with Crippen LogP contribution in [0.2, 0.25) is 0 Å². The van der Waals surface area contributed by atoms with Crippen LogP contribution in [0.4, 0.5) is 0 Å². The van der Waals surface area contributed by atoms with E-state index >= 15 is 0 Å². The van der Waals surface area contributed by atoms with Crippen molar-refractivity contribution in [3.8, 4) is 18.0 Å². The van der Waals surface area contributed by atoms with Gasteiger partial charge in [0, 0.05) is 20.3 Å². The number of carbonyl (C=O) groups is 1. The highest BCUT2D eigenvalue weighted by atomic mass is 127. The third-order valence-corrected chi connectivity index (χ3v) is 5.23. The largest absolute Gasteiger partial charge is 0.364 e. The maximum Gasteiger partial charge on any atom is 0.269 e. The molecule has 4 rings (SSSR count). The van der Waals surface area contributed by atoms with Crippen LogP contribution in [0.5, 0.6) is 0 Å². The van der Waals surface area contributed by atoms with Crippen LogP contribution in [0.3, 0.4) is 0 Å². The average Bonchev–Trinajstić information content (AvgIpc) is 3.00. The molecule has 0 radical (unpaired) electrons. The predicted octanol–water partition coefficient (Wildman–Crippen LogP) is 2.91. The molecule has 0 saturated carbocycles. The number of aromatic nitrogens is 2. The molecule has 0 spiro atoms. The number of carbonyl (C=O) groups excluding carboxylic acids is 1. The Morgan fingerprint density at radius 2 is 2.04 bits per heavy atom. The van der Waals surface area contributed by atoms with E-state index in [-0.39, 0.29) is 5.69 Å². The molecule has 126 valence electrons. The summed E-state index contributed by atoms with van der Waals surface area (Å²) in [4.78, 5) is 20.7. The van der Waals surface area contributed by atoms with Crippen molar-refractivity contribution in [2.24, 2.45) is 10.7 Å². The average molecular weight is 452 g/mol. The van der Waals surface area contributed by atoms with E-state index in [1.165, 1.54) is 0 Å². The quantitative estimate of drug-likeness (QED) is 0.480. The van der Waals surface area contributed by atoms with Gasteiger partial charge < -0.3 is 5.73 Å². The van der Waals surface area contributed by atoms with E-state index in [9.17, 15) is 4.79 Å². The van der Waals surface area contributed by atoms with E-state index in [1.807, 2.05) is 47.0 Å². The molecule has 0 atom stereocenters. The van der Waals surface area contributed by atoms with Gasteiger partial charge in [0.15, 0.2) is 5.69 Å². The minimum absolute atomic E-state index is 0.240. The van der Waals surface area contributed by atoms with Crippen LogP contribution < -0.4 is 5.73 Å². The van der Waals surface area contributed by atoms with Crippen LogP contribution in [-0.4, -0.2) is 21.2 Å². The number of imidazole rings is 1. The van der Waals surface area contributed by atoms with Crippen LogP contribution in [0.25, 0.3) is 5.69 Å². The van der Waals surface area contributed by atoms with Crippen molar-refractivity contribution in [1.82, 2.24) is 9.55 Å². The van der Waals surface area contributed by atoms with Gasteiger partial charge in [-0.1, -0.05) is 24.1 Å². The van der Waals surface area contributed by atoms with Crippen molar-refractivity contribution >= 4 is 34.2 Å². The molecule has 0 unspecified atom stereocenters. The highest BCUT2D eigenvalue weighted by Gasteiger charge is 2.24. The zero-order chi connectivity index (χ0) is 18.3. The summed E-state index contributed by atoms with van der Waals surface area (Å²) in [6.45, 7) is 0.304. The predicted molar refractivity (Wildman–Crippen MR) is 109 cm³/mol. The molecule has 26 heavy (non-hydrogen) atoms. The number of hydrogen-bond acceptors (Lipinski definition) is 3. The first-order valence-corrected chi connectivity index (χ1v) is 8.95. The molecule has 1 aliphatic rings. The lowest BCUT2D eigenvalue weighted by atomic mass is 9.98. The Balaban J connectivity index is 2.03. The molecular formula is C20H13IN4O. The first-order chi connectivity index (χ1) is 12.6. The second kappa shape index (κ2) is 6.42. The van der Waals surface area contributed by atoms with Gasteiger partial charge in [0.1, 0.15) is 6.33 Å². The zero-order valence-electron chi connectivity index (χ0n) is 13.6. The van der Waals surface area contributed by atoms with E-state index in [0.29, 0.717) is 12.2 Å². The maximum atomic E-state index is 11.7. The summed E-state index contributed by atoms with van der Waals surface area (Å²) in [6.07, 6.45) is 7.21. The fraction of sp³-hybridized carbons (Fsp3) is 0.0500. The molecule has 5 nitrogen and oxygen atoms in total. The number of hydrogen-bond donors (Lipinski definition) is 1. The van der Waals surface area contributed by atoms with Crippen molar-refractivity contribution in [3.63, 3.8) is 0 Å². The molecule has 2 heterocycles. The molecule has 1 aromatic heterocycles. The van der Waals surface area contributed by atoms with Crippen LogP contribution in [-0.2, 0) is 6.54 Å². The van der Waals surface area contributed by atoms with Gasteiger partial charge in [-0.25, -0.2) is 4.98 Å². The minimum atomic E-state index is -0.562. The zero-order valence-corrected chi connectivity index (χ0v) is 15.8. The van der Waals surface area contributed by atoms with E-state index in [4.69, 9.17) is 17.1 Å². The summed E-state index contributed by atoms with van der Waals surface area (Å²) in [6, 6.07) is 13.8. The monoisotopic (exact) mass is 452 g/mol. The molecule has 1 aliphatic heterocycles. The Labute approximate surface area is 164 Å². The summed E-state index contributed by atoms with van der Waals surface area (Å²) in [7, 11) is 0. The number of nitrogens with two attached hydrogens (primary N) is 1. The molecule has 0 bridgehead atoms. The number of aliphatic imine (C=N–C) groups is 1. The van der Waals surface area contributed by atoms with Crippen molar-refractivity contribution in [2.45, 2.75) is 6.54 Å². The lowest BCUT2D eigenvalue weighted by Gasteiger charge is -2.13. The lowest BCUT2D eigenvalue weighted by Crippen LogP contribution is -2.14. The van der Waals surface area contributed by atoms with E-state index in [0.717, 1.165) is 31.7 Å². The number of benzene rings is 2. The van der Waals surface area contributed by atoms with Crippen LogP contribution in [0.15, 0.2) is 53.8 Å². The van der Waals surface area contributed by atoms with Crippen LogP contribution in [0, 0.1) is 15.9 Å². The molecule has 2 aromatic carbocycles. The molecule has 0 aliphatic carbocycles. The maximum absolute atomic E-state index is 11.7. The summed E-state index contributed by atoms with van der Waals surface area (Å²) in [5.41, 5.74) is 10.8. The van der Waals surface area contributed by atoms with E-state index in [1.54, 1.807) is 6.33 Å². The standard InChI is InChI=1S/C20H13IN4O/c1-2-12-7-8-16-14(9-12)18(13-5-3-4-6-15(13)21)23-10-17-19(20(22)26)24-11-25(16)17/h1,3-9,11H,10H2,(H2,22,26). The molecule has 3 aromatic rings. The van der Waals surface area contributed by atoms with Crippen molar-refractivity contribution in [2.75, 3.05) is 0 Å². The van der Waals surface area contributed by atoms with Crippen LogP contribution in [0.1, 0.15) is 32.9 Å². The Morgan fingerprint density at radius 3 is 2.77 bits per heavy atom. The highest BCUT2D eigenvalue weighted by molar-refractivity contribution is 14.1. The Bertz CT molecular complexity index is 1120. The molecule has 0 saturated heterocycles. The molecule has 6 heteroatoms. The van der Waals surface area contributed by atoms with Crippen molar-refractivity contribution < 1.29 is 4.79 Å². The normalized spacial score (nSPS) is 12.4. The van der Waals surface area contributed by atoms with Gasteiger partial charge >= 0.3 is 0 Å². The Morgan fingerprint density at radius 1 is 1.23 bits per heavy atom. The SMILES string of the molecule is C#Cc1ccc2c(c1)C(c1ccccc1I)=NCc1c(C(N)=O)ncn1-2. The van der Waals surface area contributed by atoms with Gasteiger partial charge in [0.25, 0.3) is 5.91 Å². The van der Waals surface area contributed by atoms with Gasteiger partial charge in [-0.3, -0.25) is 14.4 Å². The third-order valence-electron chi connectivity index (χ3n) is 4.29. The number of primary amides is 1. The van der Waals surface area contributed by atoms with Crippen molar-refractivity contribution in [3.05, 3.63) is 80.4 Å². The fourth-order valence-corrected chi connectivity index (χ4v) is 3.73. The summed E-state index contributed by atoms with van der Waals surface area (Å²) in [5.74, 6) is 2.11. The number of fused-ring (bicyclic) bond motifs is 3. The van der Waals surface area contributed by atoms with E-state index < -0.39 is 5.91 Å². The summed E-state index contributed by atoms with van der Waals surface area (Å²) >= 11 is 2.29. The summed E-state index contributed by atoms with van der Waals surface area (Å²) < 4.78 is 2.95. The van der Waals surface area contributed by atoms with Gasteiger partial charge in [0.2, 0.25) is 0 Å². The van der Waals surface area contributed by atoms with E-state index in [2.05, 4.69) is 33.5 Å². The van der Waals surface area contributed by atoms with Crippen molar-refractivity contribution in [1.29, 1.82) is 0 Å². The number of rotatable bonds is 2. The smallest absolute Gasteiger partial charge is 0.269 e. The fourth-order valence-electron chi connectivity index (χ4n) is 3.09. The molecule has 2 N–H and O–H groups in total. The topological polar surface area (TPSA) is 73.3 Å². The second-order valence-corrected chi connectivity index (χ2v) is 6.96. The number of amides is 1. The Hall–Kier alpha value is -2.92. The first-order valence-electron chi connectivity index (χ1n) is 7.87. The second-order valence-electron chi connectivity index (χ2n) is 5.80. The number of halogens is 1. The minimum Gasteiger partial charge on any atom is -0.364 e. The van der Waals surface area contributed by atoms with Gasteiger partial charge in [-0.15, -0.1) is 6.42 Å². The lowest BCUT2D eigenvalue weighted by molar-refractivity contribution is 0.0995. The third kappa shape index (κ3) is 2.61. The highest BCUT2D eigenvalue weighted by Crippen LogP contribution is 2.28. The number of nitrogens with zero attached hydrogens (tertiary/aromatic N) is 3. The summed E-state index contributed by atoms with van der Waals surface area (Å²) in [5, 5.41) is 0. The molecule has 0 fully saturated rings. The number of terminal acetylenes is 1. The van der Waals surface area contributed by atoms with Gasteiger partial charge in [-0.2, -0.15) is 0 Å². The molecule has 1 amide bonds. The van der Waals surface area contributed by atoms with Gasteiger partial charge in [-0.05, 0) is 46.9 Å². The molecular weight excluding hydrogens is 439 g/mol. The van der Waals surface area contributed by atoms with Crippen LogP contribution >= 0.6 is 22.6 Å². The first kappa shape index (κ1) is 16.5. The Kier molecular flexibility index (Phi) is 4.09. The van der Waals surface area contributed by atoms with Gasteiger partial charge in [0.05, 0.1) is 23.6 Å².